The maximum absolute atomic E-state index is 13.6. The standard InChI is InChI=1S/C31H41N3O3/c1-5-9-26(29(32)35)27(18-21(2)3)30(36)33-28-12-6-7-17-34(31(28)37)20-23-10-8-11-25(19-23)24-15-13-22(4)14-16-24/h5,8,10-11,13-16,19,21,26-28H,1,6-7,9,12,17-18,20H2,2-4H3,(H2,32,35)(H,33,36)/t26-,27+,28-/m0/s1. The van der Waals surface area contributed by atoms with Gasteiger partial charge in [-0.15, -0.1) is 6.58 Å². The van der Waals surface area contributed by atoms with Gasteiger partial charge in [-0.25, -0.2) is 0 Å². The third kappa shape index (κ3) is 7.78. The van der Waals surface area contributed by atoms with Gasteiger partial charge in [-0.05, 0) is 67.7 Å². The fraction of sp³-hybridized carbons (Fsp3) is 0.452. The summed E-state index contributed by atoms with van der Waals surface area (Å²) in [7, 11) is 0. The van der Waals surface area contributed by atoms with Crippen LogP contribution in [-0.4, -0.2) is 35.2 Å². The number of nitrogens with zero attached hydrogens (tertiary/aromatic N) is 1. The third-order valence-electron chi connectivity index (χ3n) is 7.12. The van der Waals surface area contributed by atoms with Crippen molar-refractivity contribution in [3.8, 4) is 11.1 Å². The second kappa shape index (κ2) is 13.2. The Morgan fingerprint density at radius 3 is 2.49 bits per heavy atom. The molecule has 0 spiro atoms. The minimum absolute atomic E-state index is 0.0748. The lowest BCUT2D eigenvalue weighted by atomic mass is 9.82. The van der Waals surface area contributed by atoms with Crippen molar-refractivity contribution in [3.63, 3.8) is 0 Å². The van der Waals surface area contributed by atoms with Crippen molar-refractivity contribution < 1.29 is 14.4 Å². The molecule has 0 radical (unpaired) electrons. The summed E-state index contributed by atoms with van der Waals surface area (Å²) in [5.41, 5.74) is 10.2. The van der Waals surface area contributed by atoms with Gasteiger partial charge >= 0.3 is 0 Å². The van der Waals surface area contributed by atoms with Gasteiger partial charge in [-0.3, -0.25) is 14.4 Å². The first kappa shape index (κ1) is 28.2. The Bertz CT molecular complexity index is 1090. The van der Waals surface area contributed by atoms with Crippen LogP contribution in [0.4, 0.5) is 0 Å². The molecule has 3 N–H and O–H groups in total. The van der Waals surface area contributed by atoms with Crippen LogP contribution in [-0.2, 0) is 20.9 Å². The van der Waals surface area contributed by atoms with Gasteiger partial charge in [0.25, 0.3) is 0 Å². The number of carbonyl (C=O) groups is 3. The van der Waals surface area contributed by atoms with Gasteiger partial charge in [0.1, 0.15) is 6.04 Å². The number of hydrogen-bond acceptors (Lipinski definition) is 3. The lowest BCUT2D eigenvalue weighted by Crippen LogP contribution is -2.50. The summed E-state index contributed by atoms with van der Waals surface area (Å²) in [5.74, 6) is -1.89. The molecule has 198 valence electrons. The van der Waals surface area contributed by atoms with Gasteiger partial charge in [-0.2, -0.15) is 0 Å². The van der Waals surface area contributed by atoms with Crippen LogP contribution < -0.4 is 11.1 Å². The highest BCUT2D eigenvalue weighted by atomic mass is 16.2. The van der Waals surface area contributed by atoms with E-state index in [0.717, 1.165) is 29.5 Å². The lowest BCUT2D eigenvalue weighted by molar-refractivity contribution is -0.139. The van der Waals surface area contributed by atoms with E-state index in [1.807, 2.05) is 30.9 Å². The number of benzene rings is 2. The number of rotatable bonds is 11. The van der Waals surface area contributed by atoms with E-state index in [-0.39, 0.29) is 17.7 Å². The number of likely N-dealkylation sites (tertiary alicyclic amines) is 1. The largest absolute Gasteiger partial charge is 0.369 e. The molecule has 6 nitrogen and oxygen atoms in total. The molecule has 0 saturated carbocycles. The highest BCUT2D eigenvalue weighted by Gasteiger charge is 2.35. The summed E-state index contributed by atoms with van der Waals surface area (Å²) < 4.78 is 0. The maximum Gasteiger partial charge on any atom is 0.245 e. The molecule has 3 rings (SSSR count). The number of nitrogens with two attached hydrogens (primary N) is 1. The Balaban J connectivity index is 1.75. The van der Waals surface area contributed by atoms with Crippen LogP contribution >= 0.6 is 0 Å². The number of nitrogens with one attached hydrogen (secondary N) is 1. The van der Waals surface area contributed by atoms with Gasteiger partial charge in [0.05, 0.1) is 11.8 Å². The van der Waals surface area contributed by atoms with E-state index in [2.05, 4.69) is 55.2 Å². The Kier molecular flexibility index (Phi) is 10.1. The molecule has 0 unspecified atom stereocenters. The van der Waals surface area contributed by atoms with Crippen LogP contribution in [0.3, 0.4) is 0 Å². The lowest BCUT2D eigenvalue weighted by Gasteiger charge is -2.29. The van der Waals surface area contributed by atoms with Crippen molar-refractivity contribution in [1.82, 2.24) is 10.2 Å². The van der Waals surface area contributed by atoms with Crippen molar-refractivity contribution in [3.05, 3.63) is 72.3 Å². The molecule has 1 aliphatic heterocycles. The number of primary amides is 1. The van der Waals surface area contributed by atoms with E-state index in [1.165, 1.54) is 5.56 Å². The van der Waals surface area contributed by atoms with E-state index in [9.17, 15) is 14.4 Å². The molecule has 0 aliphatic carbocycles. The molecule has 3 amide bonds. The van der Waals surface area contributed by atoms with E-state index in [0.29, 0.717) is 32.4 Å². The zero-order chi connectivity index (χ0) is 26.9. The predicted octanol–water partition coefficient (Wildman–Crippen LogP) is 5.00. The summed E-state index contributed by atoms with van der Waals surface area (Å²) in [6.45, 7) is 10.9. The van der Waals surface area contributed by atoms with Crippen molar-refractivity contribution in [1.29, 1.82) is 0 Å². The smallest absolute Gasteiger partial charge is 0.245 e. The molecule has 0 bridgehead atoms. The fourth-order valence-electron chi connectivity index (χ4n) is 5.11. The first-order valence-electron chi connectivity index (χ1n) is 13.3. The highest BCUT2D eigenvalue weighted by molar-refractivity contribution is 5.91. The maximum atomic E-state index is 13.6. The normalized spacial score (nSPS) is 17.7. The monoisotopic (exact) mass is 503 g/mol. The summed E-state index contributed by atoms with van der Waals surface area (Å²) in [4.78, 5) is 40.9. The average Bonchev–Trinajstić information content (AvgIpc) is 3.03. The molecule has 6 heteroatoms. The van der Waals surface area contributed by atoms with Crippen molar-refractivity contribution in [2.24, 2.45) is 23.5 Å². The van der Waals surface area contributed by atoms with Crippen LogP contribution in [0.1, 0.15) is 57.1 Å². The summed E-state index contributed by atoms with van der Waals surface area (Å²) >= 11 is 0. The van der Waals surface area contributed by atoms with Crippen LogP contribution in [0.5, 0.6) is 0 Å². The molecule has 2 aromatic carbocycles. The zero-order valence-electron chi connectivity index (χ0n) is 22.4. The fourth-order valence-corrected chi connectivity index (χ4v) is 5.11. The van der Waals surface area contributed by atoms with Gasteiger partial charge < -0.3 is 16.0 Å². The number of hydrogen-bond donors (Lipinski definition) is 2. The quantitative estimate of drug-likeness (QED) is 0.423. The molecular weight excluding hydrogens is 462 g/mol. The van der Waals surface area contributed by atoms with E-state index in [4.69, 9.17) is 5.73 Å². The van der Waals surface area contributed by atoms with Crippen molar-refractivity contribution in [2.45, 2.75) is 65.5 Å². The topological polar surface area (TPSA) is 92.5 Å². The number of allylic oxidation sites excluding steroid dienone is 1. The molecule has 0 aromatic heterocycles. The van der Waals surface area contributed by atoms with E-state index in [1.54, 1.807) is 6.08 Å². The number of amides is 3. The first-order valence-corrected chi connectivity index (χ1v) is 13.3. The third-order valence-corrected chi connectivity index (χ3v) is 7.12. The molecule has 1 saturated heterocycles. The molecule has 1 aliphatic rings. The molecule has 37 heavy (non-hydrogen) atoms. The van der Waals surface area contributed by atoms with Gasteiger partial charge in [0, 0.05) is 13.1 Å². The van der Waals surface area contributed by atoms with Crippen molar-refractivity contribution in [2.75, 3.05) is 6.54 Å². The number of aryl methyl sites for hydroxylation is 1. The Labute approximate surface area is 221 Å². The number of carbonyl (C=O) groups excluding carboxylic acids is 3. The van der Waals surface area contributed by atoms with Crippen LogP contribution in [0.25, 0.3) is 11.1 Å². The average molecular weight is 504 g/mol. The van der Waals surface area contributed by atoms with Crippen molar-refractivity contribution >= 4 is 17.7 Å². The second-order valence-electron chi connectivity index (χ2n) is 10.7. The predicted molar refractivity (Wildman–Crippen MR) is 148 cm³/mol. The van der Waals surface area contributed by atoms with Gasteiger partial charge in [0.2, 0.25) is 17.7 Å². The molecule has 2 aromatic rings. The second-order valence-corrected chi connectivity index (χ2v) is 10.7. The Morgan fingerprint density at radius 2 is 1.84 bits per heavy atom. The van der Waals surface area contributed by atoms with Crippen LogP contribution in [0.15, 0.2) is 61.2 Å². The minimum Gasteiger partial charge on any atom is -0.369 e. The molecular formula is C31H41N3O3. The zero-order valence-corrected chi connectivity index (χ0v) is 22.4. The Hall–Kier alpha value is -3.41. The Morgan fingerprint density at radius 1 is 1.11 bits per heavy atom. The van der Waals surface area contributed by atoms with Crippen LogP contribution in [0.2, 0.25) is 0 Å². The summed E-state index contributed by atoms with van der Waals surface area (Å²) in [5, 5.41) is 2.99. The summed E-state index contributed by atoms with van der Waals surface area (Å²) in [6.07, 6.45) is 4.79. The molecule has 1 fully saturated rings. The highest BCUT2D eigenvalue weighted by Crippen LogP contribution is 2.26. The van der Waals surface area contributed by atoms with E-state index >= 15 is 0 Å². The van der Waals surface area contributed by atoms with Gasteiger partial charge in [-0.1, -0.05) is 68.0 Å². The SMILES string of the molecule is C=CC[C@H](C(N)=O)[C@@H](CC(C)C)C(=O)N[C@H]1CCCCN(Cc2cccc(-c3ccc(C)cc3)c2)C1=O. The van der Waals surface area contributed by atoms with Gasteiger partial charge in [0.15, 0.2) is 0 Å². The summed E-state index contributed by atoms with van der Waals surface area (Å²) in [6, 6.07) is 16.1. The molecule has 1 heterocycles. The van der Waals surface area contributed by atoms with E-state index < -0.39 is 23.8 Å². The van der Waals surface area contributed by atoms with Crippen LogP contribution in [0, 0.1) is 24.7 Å². The molecule has 3 atom stereocenters. The minimum atomic E-state index is -0.638. The first-order chi connectivity index (χ1) is 17.7.